The molecule has 0 radical (unpaired) electrons. The molecule has 1 aliphatic rings. The van der Waals surface area contributed by atoms with Crippen LogP contribution in [-0.4, -0.2) is 6.79 Å². The van der Waals surface area contributed by atoms with Gasteiger partial charge in [-0.2, -0.15) is 13.2 Å². The van der Waals surface area contributed by atoms with Crippen molar-refractivity contribution in [2.75, 3.05) is 6.79 Å². The van der Waals surface area contributed by atoms with E-state index in [1.807, 2.05) is 0 Å². The molecule has 1 heterocycles. The van der Waals surface area contributed by atoms with Crippen LogP contribution in [0.3, 0.4) is 0 Å². The van der Waals surface area contributed by atoms with E-state index in [0.29, 0.717) is 21.7 Å². The monoisotopic (exact) mass is 360 g/mol. The lowest BCUT2D eigenvalue weighted by Gasteiger charge is -2.11. The van der Waals surface area contributed by atoms with Gasteiger partial charge in [-0.15, -0.1) is 0 Å². The van der Waals surface area contributed by atoms with Gasteiger partial charge in [-0.3, -0.25) is 0 Å². The average Bonchev–Trinajstić information content (AvgIpc) is 2.87. The lowest BCUT2D eigenvalue weighted by atomic mass is 10.2. The Morgan fingerprint density at radius 1 is 1.05 bits per heavy atom. The third kappa shape index (κ3) is 2.92. The van der Waals surface area contributed by atoms with Crippen LogP contribution in [0.4, 0.5) is 13.2 Å². The van der Waals surface area contributed by atoms with E-state index in [4.69, 9.17) is 14.2 Å². The zero-order chi connectivity index (χ0) is 15.0. The van der Waals surface area contributed by atoms with Gasteiger partial charge in [0.1, 0.15) is 11.5 Å². The van der Waals surface area contributed by atoms with Crippen LogP contribution in [-0.2, 0) is 6.18 Å². The standard InChI is InChI=1S/C14H8BrF3O3/c15-11-5-10(6-12-13(11)20-7-19-12)21-9-3-1-2-8(4-9)14(16,17)18/h1-6H,7H2. The molecule has 0 unspecified atom stereocenters. The van der Waals surface area contributed by atoms with Crippen molar-refractivity contribution in [3.05, 3.63) is 46.4 Å². The van der Waals surface area contributed by atoms with Gasteiger partial charge in [0.25, 0.3) is 0 Å². The number of hydrogen-bond acceptors (Lipinski definition) is 3. The molecule has 0 bridgehead atoms. The van der Waals surface area contributed by atoms with E-state index in [0.717, 1.165) is 12.1 Å². The number of fused-ring (bicyclic) bond motifs is 1. The third-order valence-electron chi connectivity index (χ3n) is 2.80. The number of alkyl halides is 3. The van der Waals surface area contributed by atoms with Gasteiger partial charge in [0.05, 0.1) is 10.0 Å². The van der Waals surface area contributed by atoms with Gasteiger partial charge < -0.3 is 14.2 Å². The quantitative estimate of drug-likeness (QED) is 0.755. The molecule has 0 aliphatic carbocycles. The highest BCUT2D eigenvalue weighted by Gasteiger charge is 2.30. The van der Waals surface area contributed by atoms with Gasteiger partial charge in [0.2, 0.25) is 6.79 Å². The van der Waals surface area contributed by atoms with Crippen molar-refractivity contribution in [3.8, 4) is 23.0 Å². The van der Waals surface area contributed by atoms with Gasteiger partial charge in [0, 0.05) is 6.07 Å². The van der Waals surface area contributed by atoms with Crippen molar-refractivity contribution in [2.45, 2.75) is 6.18 Å². The molecule has 2 aromatic rings. The Hall–Kier alpha value is -1.89. The summed E-state index contributed by atoms with van der Waals surface area (Å²) in [7, 11) is 0. The van der Waals surface area contributed by atoms with Crippen LogP contribution < -0.4 is 14.2 Å². The zero-order valence-corrected chi connectivity index (χ0v) is 12.0. The molecule has 0 fully saturated rings. The fourth-order valence-corrected chi connectivity index (χ4v) is 2.41. The topological polar surface area (TPSA) is 27.7 Å². The minimum absolute atomic E-state index is 0.0931. The third-order valence-corrected chi connectivity index (χ3v) is 3.39. The van der Waals surface area contributed by atoms with Crippen LogP contribution in [0.1, 0.15) is 5.56 Å². The van der Waals surface area contributed by atoms with E-state index in [9.17, 15) is 13.2 Å². The Kier molecular flexibility index (Phi) is 3.44. The summed E-state index contributed by atoms with van der Waals surface area (Å²) in [5, 5.41) is 0. The van der Waals surface area contributed by atoms with E-state index in [-0.39, 0.29) is 12.5 Å². The fraction of sp³-hybridized carbons (Fsp3) is 0.143. The van der Waals surface area contributed by atoms with E-state index in [1.54, 1.807) is 12.1 Å². The molecule has 7 heteroatoms. The van der Waals surface area contributed by atoms with Crippen molar-refractivity contribution in [1.82, 2.24) is 0 Å². The van der Waals surface area contributed by atoms with Crippen molar-refractivity contribution in [1.29, 1.82) is 0 Å². The van der Waals surface area contributed by atoms with Crippen molar-refractivity contribution in [2.24, 2.45) is 0 Å². The molecule has 1 aliphatic heterocycles. The van der Waals surface area contributed by atoms with E-state index >= 15 is 0 Å². The number of rotatable bonds is 2. The number of hydrogen-bond donors (Lipinski definition) is 0. The molecule has 21 heavy (non-hydrogen) atoms. The first-order valence-electron chi connectivity index (χ1n) is 5.88. The molecular weight excluding hydrogens is 353 g/mol. The molecule has 0 atom stereocenters. The normalized spacial score (nSPS) is 13.3. The first-order chi connectivity index (χ1) is 9.93. The Bertz CT molecular complexity index is 686. The Balaban J connectivity index is 1.89. The Morgan fingerprint density at radius 2 is 1.86 bits per heavy atom. The van der Waals surface area contributed by atoms with Crippen LogP contribution in [0.2, 0.25) is 0 Å². The highest BCUT2D eigenvalue weighted by molar-refractivity contribution is 9.10. The maximum absolute atomic E-state index is 12.7. The molecule has 110 valence electrons. The Morgan fingerprint density at radius 3 is 2.62 bits per heavy atom. The molecule has 0 saturated heterocycles. The lowest BCUT2D eigenvalue weighted by Crippen LogP contribution is -2.04. The van der Waals surface area contributed by atoms with Gasteiger partial charge in [-0.25, -0.2) is 0 Å². The molecule has 0 spiro atoms. The van der Waals surface area contributed by atoms with Crippen molar-refractivity contribution >= 4 is 15.9 Å². The molecule has 2 aromatic carbocycles. The second kappa shape index (κ2) is 5.14. The second-order valence-corrected chi connectivity index (χ2v) is 5.12. The Labute approximate surface area is 126 Å². The van der Waals surface area contributed by atoms with E-state index in [1.165, 1.54) is 12.1 Å². The maximum atomic E-state index is 12.7. The molecule has 3 nitrogen and oxygen atoms in total. The van der Waals surface area contributed by atoms with Crippen LogP contribution in [0.15, 0.2) is 40.9 Å². The molecule has 0 aromatic heterocycles. The highest BCUT2D eigenvalue weighted by Crippen LogP contribution is 2.43. The first kappa shape index (κ1) is 14.1. The predicted molar refractivity (Wildman–Crippen MR) is 71.8 cm³/mol. The molecule has 0 N–H and O–H groups in total. The van der Waals surface area contributed by atoms with Gasteiger partial charge in [-0.05, 0) is 40.2 Å². The average molecular weight is 361 g/mol. The largest absolute Gasteiger partial charge is 0.457 e. The fourth-order valence-electron chi connectivity index (χ4n) is 1.87. The SMILES string of the molecule is FC(F)(F)c1cccc(Oc2cc(Br)c3c(c2)OCO3)c1. The van der Waals surface area contributed by atoms with Gasteiger partial charge in [0.15, 0.2) is 11.5 Å². The van der Waals surface area contributed by atoms with E-state index in [2.05, 4.69) is 15.9 Å². The molecule has 3 rings (SSSR count). The number of halogens is 4. The first-order valence-corrected chi connectivity index (χ1v) is 6.67. The van der Waals surface area contributed by atoms with Gasteiger partial charge >= 0.3 is 6.18 Å². The van der Waals surface area contributed by atoms with Crippen LogP contribution in [0, 0.1) is 0 Å². The maximum Gasteiger partial charge on any atom is 0.416 e. The van der Waals surface area contributed by atoms with E-state index < -0.39 is 11.7 Å². The smallest absolute Gasteiger partial charge is 0.416 e. The van der Waals surface area contributed by atoms with Crippen molar-refractivity contribution in [3.63, 3.8) is 0 Å². The van der Waals surface area contributed by atoms with Crippen LogP contribution >= 0.6 is 15.9 Å². The summed E-state index contributed by atoms with van der Waals surface area (Å²) in [5.41, 5.74) is -0.764. The minimum Gasteiger partial charge on any atom is -0.457 e. The summed E-state index contributed by atoms with van der Waals surface area (Å²) in [6, 6.07) is 7.84. The van der Waals surface area contributed by atoms with Gasteiger partial charge in [-0.1, -0.05) is 6.07 Å². The summed E-state index contributed by atoms with van der Waals surface area (Å²) in [5.74, 6) is 1.47. The summed E-state index contributed by atoms with van der Waals surface area (Å²) >= 11 is 3.29. The molecular formula is C14H8BrF3O3. The van der Waals surface area contributed by atoms with Crippen LogP contribution in [0.25, 0.3) is 0 Å². The predicted octanol–water partition coefficient (Wildman–Crippen LogP) is 4.99. The summed E-state index contributed by atoms with van der Waals surface area (Å²) in [6.45, 7) is 0.0982. The summed E-state index contributed by atoms with van der Waals surface area (Å²) in [6.07, 6.45) is -4.41. The number of benzene rings is 2. The molecule has 0 amide bonds. The summed E-state index contributed by atoms with van der Waals surface area (Å²) in [4.78, 5) is 0. The van der Waals surface area contributed by atoms with Crippen molar-refractivity contribution < 1.29 is 27.4 Å². The molecule has 0 saturated carbocycles. The van der Waals surface area contributed by atoms with Crippen LogP contribution in [0.5, 0.6) is 23.0 Å². The highest BCUT2D eigenvalue weighted by atomic mass is 79.9. The summed E-state index contributed by atoms with van der Waals surface area (Å²) < 4.78 is 54.5. The lowest BCUT2D eigenvalue weighted by molar-refractivity contribution is -0.137. The number of ether oxygens (including phenoxy) is 3. The zero-order valence-electron chi connectivity index (χ0n) is 10.4. The minimum atomic E-state index is -4.41. The second-order valence-electron chi connectivity index (χ2n) is 4.27.